The van der Waals surface area contributed by atoms with E-state index in [1.807, 2.05) is 30.1 Å². The summed E-state index contributed by atoms with van der Waals surface area (Å²) < 4.78 is 5.46. The Hall–Kier alpha value is -2.07. The summed E-state index contributed by atoms with van der Waals surface area (Å²) in [5.74, 6) is 1.25. The maximum Gasteiger partial charge on any atom is 0.227 e. The molecule has 1 amide bonds. The minimum atomic E-state index is 0.0137. The molecule has 4 nitrogen and oxygen atoms in total. The Bertz CT molecular complexity index is 700. The quantitative estimate of drug-likeness (QED) is 0.855. The van der Waals surface area contributed by atoms with E-state index in [1.54, 1.807) is 6.26 Å². The molecule has 2 aliphatic rings. The fourth-order valence-corrected chi connectivity index (χ4v) is 4.06. The summed E-state index contributed by atoms with van der Waals surface area (Å²) in [5, 5.41) is 0. The zero-order chi connectivity index (χ0) is 15.9. The molecule has 120 valence electrons. The molecule has 0 saturated carbocycles. The average Bonchev–Trinajstić information content (AvgIpc) is 3.08. The summed E-state index contributed by atoms with van der Waals surface area (Å²) in [4.78, 5) is 16.7. The van der Waals surface area contributed by atoms with Crippen molar-refractivity contribution in [2.75, 3.05) is 25.0 Å². The fourth-order valence-electron chi connectivity index (χ4n) is 4.06. The molecule has 1 saturated heterocycles. The molecule has 1 spiro atoms. The van der Waals surface area contributed by atoms with Crippen LogP contribution in [0.2, 0.25) is 0 Å². The van der Waals surface area contributed by atoms with Gasteiger partial charge in [0.15, 0.2) is 0 Å². The molecule has 3 heterocycles. The molecule has 1 aromatic carbocycles. The number of carbonyl (C=O) groups excluding carboxylic acids is 1. The van der Waals surface area contributed by atoms with Crippen molar-refractivity contribution in [3.63, 3.8) is 0 Å². The standard InChI is InChI=1S/C19H22N2O2/c1-20-17-7-3-2-6-16(17)19(13-18(20)22)8-10-21(11-9-19)14-15-5-4-12-23-15/h2-7,12H,8-11,13-14H2,1H3. The van der Waals surface area contributed by atoms with E-state index in [0.29, 0.717) is 6.42 Å². The fraction of sp³-hybridized carbons (Fsp3) is 0.421. The molecule has 1 aromatic heterocycles. The summed E-state index contributed by atoms with van der Waals surface area (Å²) in [7, 11) is 1.89. The van der Waals surface area contributed by atoms with E-state index in [2.05, 4.69) is 23.1 Å². The van der Waals surface area contributed by atoms with Crippen LogP contribution in [0.4, 0.5) is 5.69 Å². The van der Waals surface area contributed by atoms with Crippen molar-refractivity contribution in [3.8, 4) is 0 Å². The number of nitrogens with zero attached hydrogens (tertiary/aromatic N) is 2. The maximum atomic E-state index is 12.5. The number of anilines is 1. The molecule has 2 aromatic rings. The summed E-state index contributed by atoms with van der Waals surface area (Å²) in [6.07, 6.45) is 4.43. The van der Waals surface area contributed by atoms with Gasteiger partial charge in [-0.05, 0) is 49.7 Å². The van der Waals surface area contributed by atoms with Crippen LogP contribution in [0.3, 0.4) is 0 Å². The largest absolute Gasteiger partial charge is 0.468 e. The highest BCUT2D eigenvalue weighted by Gasteiger charge is 2.43. The van der Waals surface area contributed by atoms with Crippen LogP contribution in [0.25, 0.3) is 0 Å². The number of carbonyl (C=O) groups is 1. The minimum Gasteiger partial charge on any atom is -0.468 e. The van der Waals surface area contributed by atoms with Gasteiger partial charge in [0.05, 0.1) is 12.8 Å². The third-order valence-electron chi connectivity index (χ3n) is 5.47. The first-order valence-electron chi connectivity index (χ1n) is 8.29. The second-order valence-electron chi connectivity index (χ2n) is 6.78. The number of para-hydroxylation sites is 1. The number of hydrogen-bond acceptors (Lipinski definition) is 3. The highest BCUT2D eigenvalue weighted by Crippen LogP contribution is 2.46. The van der Waals surface area contributed by atoms with Gasteiger partial charge in [-0.3, -0.25) is 9.69 Å². The SMILES string of the molecule is CN1C(=O)CC2(CCN(Cc3ccco3)CC2)c2ccccc21. The Kier molecular flexibility index (Phi) is 3.49. The molecule has 0 N–H and O–H groups in total. The third kappa shape index (κ3) is 2.47. The number of furan rings is 1. The molecule has 0 radical (unpaired) electrons. The van der Waals surface area contributed by atoms with E-state index >= 15 is 0 Å². The van der Waals surface area contributed by atoms with Crippen molar-refractivity contribution < 1.29 is 9.21 Å². The second-order valence-corrected chi connectivity index (χ2v) is 6.78. The van der Waals surface area contributed by atoms with E-state index in [4.69, 9.17) is 4.42 Å². The summed E-state index contributed by atoms with van der Waals surface area (Å²) in [6, 6.07) is 12.4. The predicted molar refractivity (Wildman–Crippen MR) is 89.4 cm³/mol. The van der Waals surface area contributed by atoms with Crippen molar-refractivity contribution >= 4 is 11.6 Å². The lowest BCUT2D eigenvalue weighted by Gasteiger charge is -2.46. The lowest BCUT2D eigenvalue weighted by atomic mass is 9.68. The van der Waals surface area contributed by atoms with Gasteiger partial charge in [-0.15, -0.1) is 0 Å². The van der Waals surface area contributed by atoms with Gasteiger partial charge in [0.2, 0.25) is 5.91 Å². The molecule has 2 aliphatic heterocycles. The first-order chi connectivity index (χ1) is 11.2. The Balaban J connectivity index is 1.56. The number of rotatable bonds is 2. The van der Waals surface area contributed by atoms with Gasteiger partial charge in [-0.1, -0.05) is 18.2 Å². The highest BCUT2D eigenvalue weighted by molar-refractivity contribution is 5.97. The van der Waals surface area contributed by atoms with Crippen LogP contribution in [-0.2, 0) is 16.8 Å². The molecule has 4 heteroatoms. The Morgan fingerprint density at radius 3 is 2.65 bits per heavy atom. The molecule has 0 unspecified atom stereocenters. The zero-order valence-corrected chi connectivity index (χ0v) is 13.5. The molecule has 1 fully saturated rings. The van der Waals surface area contributed by atoms with E-state index in [1.165, 1.54) is 5.56 Å². The first kappa shape index (κ1) is 14.5. The van der Waals surface area contributed by atoms with Crippen LogP contribution in [0, 0.1) is 0 Å². The van der Waals surface area contributed by atoms with E-state index in [-0.39, 0.29) is 11.3 Å². The van der Waals surface area contributed by atoms with Gasteiger partial charge in [-0.25, -0.2) is 0 Å². The monoisotopic (exact) mass is 310 g/mol. The summed E-state index contributed by atoms with van der Waals surface area (Å²) in [6.45, 7) is 2.87. The van der Waals surface area contributed by atoms with E-state index < -0.39 is 0 Å². The van der Waals surface area contributed by atoms with Crippen molar-refractivity contribution in [2.45, 2.75) is 31.2 Å². The number of benzene rings is 1. The summed E-state index contributed by atoms with van der Waals surface area (Å²) in [5.41, 5.74) is 2.45. The van der Waals surface area contributed by atoms with Crippen LogP contribution in [0.5, 0.6) is 0 Å². The van der Waals surface area contributed by atoms with Crippen LogP contribution in [-0.4, -0.2) is 30.9 Å². The predicted octanol–water partition coefficient (Wildman–Crippen LogP) is 3.18. The van der Waals surface area contributed by atoms with Crippen LogP contribution >= 0.6 is 0 Å². The summed E-state index contributed by atoms with van der Waals surface area (Å²) >= 11 is 0. The normalized spacial score (nSPS) is 20.7. The Morgan fingerprint density at radius 2 is 1.91 bits per heavy atom. The molecule has 0 bridgehead atoms. The van der Waals surface area contributed by atoms with Gasteiger partial charge in [0.25, 0.3) is 0 Å². The minimum absolute atomic E-state index is 0.0137. The van der Waals surface area contributed by atoms with Gasteiger partial charge in [0.1, 0.15) is 5.76 Å². The average molecular weight is 310 g/mol. The van der Waals surface area contributed by atoms with Crippen molar-refractivity contribution in [3.05, 3.63) is 54.0 Å². The molecular weight excluding hydrogens is 288 g/mol. The maximum absolute atomic E-state index is 12.5. The molecule has 0 atom stereocenters. The number of hydrogen-bond donors (Lipinski definition) is 0. The van der Waals surface area contributed by atoms with Crippen LogP contribution in [0.1, 0.15) is 30.6 Å². The van der Waals surface area contributed by atoms with Crippen molar-refractivity contribution in [1.29, 1.82) is 0 Å². The number of amides is 1. The van der Waals surface area contributed by atoms with Crippen molar-refractivity contribution in [1.82, 2.24) is 4.90 Å². The highest BCUT2D eigenvalue weighted by atomic mass is 16.3. The van der Waals surface area contributed by atoms with Crippen LogP contribution in [0.15, 0.2) is 47.1 Å². The lowest BCUT2D eigenvalue weighted by Crippen LogP contribution is -2.48. The van der Waals surface area contributed by atoms with Crippen molar-refractivity contribution in [2.24, 2.45) is 0 Å². The molecule has 0 aliphatic carbocycles. The Morgan fingerprint density at radius 1 is 1.13 bits per heavy atom. The van der Waals surface area contributed by atoms with Gasteiger partial charge < -0.3 is 9.32 Å². The topological polar surface area (TPSA) is 36.7 Å². The number of piperidine rings is 1. The van der Waals surface area contributed by atoms with Crippen LogP contribution < -0.4 is 4.90 Å². The Labute approximate surface area is 136 Å². The first-order valence-corrected chi connectivity index (χ1v) is 8.29. The molecule has 4 rings (SSSR count). The second kappa shape index (κ2) is 5.53. The van der Waals surface area contributed by atoms with E-state index in [0.717, 1.165) is 43.9 Å². The van der Waals surface area contributed by atoms with E-state index in [9.17, 15) is 4.79 Å². The molecular formula is C19H22N2O2. The van der Waals surface area contributed by atoms with Gasteiger partial charge in [0, 0.05) is 24.6 Å². The van der Waals surface area contributed by atoms with Gasteiger partial charge >= 0.3 is 0 Å². The lowest BCUT2D eigenvalue weighted by molar-refractivity contribution is -0.120. The third-order valence-corrected chi connectivity index (χ3v) is 5.47. The number of fused-ring (bicyclic) bond motifs is 2. The zero-order valence-electron chi connectivity index (χ0n) is 13.5. The number of likely N-dealkylation sites (tertiary alicyclic amines) is 1. The smallest absolute Gasteiger partial charge is 0.227 e. The van der Waals surface area contributed by atoms with Gasteiger partial charge in [-0.2, -0.15) is 0 Å². The molecule has 23 heavy (non-hydrogen) atoms.